The van der Waals surface area contributed by atoms with Crippen LogP contribution in [-0.2, 0) is 0 Å². The van der Waals surface area contributed by atoms with Crippen LogP contribution in [0.3, 0.4) is 0 Å². The van der Waals surface area contributed by atoms with Crippen molar-refractivity contribution >= 4 is 34.2 Å². The first-order chi connectivity index (χ1) is 9.54. The molecule has 1 heterocycles. The maximum Gasteiger partial charge on any atom is 0.138 e. The van der Waals surface area contributed by atoms with E-state index in [-0.39, 0.29) is 0 Å². The average molecular weight is 307 g/mol. The fourth-order valence-electron chi connectivity index (χ4n) is 2.11. The molecule has 1 atom stereocenters. The van der Waals surface area contributed by atoms with E-state index in [1.807, 2.05) is 19.1 Å². The van der Waals surface area contributed by atoms with Crippen LogP contribution in [0.5, 0.6) is 0 Å². The van der Waals surface area contributed by atoms with E-state index in [2.05, 4.69) is 0 Å². The van der Waals surface area contributed by atoms with Gasteiger partial charge in [-0.2, -0.15) is 0 Å². The van der Waals surface area contributed by atoms with Crippen LogP contribution in [0.25, 0.3) is 11.0 Å². The molecule has 0 fully saturated rings. The van der Waals surface area contributed by atoms with E-state index in [0.29, 0.717) is 27.0 Å². The summed E-state index contributed by atoms with van der Waals surface area (Å²) in [7, 11) is 0. The van der Waals surface area contributed by atoms with Gasteiger partial charge in [0.2, 0.25) is 0 Å². The Hall–Kier alpha value is -1.48. The molecule has 102 valence electrons. The van der Waals surface area contributed by atoms with E-state index in [1.165, 1.54) is 0 Å². The number of rotatable bonds is 2. The van der Waals surface area contributed by atoms with Crippen LogP contribution < -0.4 is 0 Å². The molecule has 0 radical (unpaired) electrons. The Balaban J connectivity index is 2.02. The van der Waals surface area contributed by atoms with Crippen molar-refractivity contribution in [1.82, 2.24) is 0 Å². The monoisotopic (exact) mass is 306 g/mol. The minimum atomic E-state index is -0.848. The van der Waals surface area contributed by atoms with Gasteiger partial charge in [-0.15, -0.1) is 0 Å². The highest BCUT2D eigenvalue weighted by Crippen LogP contribution is 2.31. The molecule has 1 unspecified atom stereocenters. The molecule has 0 spiro atoms. The second kappa shape index (κ2) is 5.13. The van der Waals surface area contributed by atoms with Gasteiger partial charge in [0, 0.05) is 15.4 Å². The molecule has 1 aromatic heterocycles. The standard InChI is InChI=1S/C16H12Cl2O2/c1-9-2-3-10(7-13(9)18)16(19)15-8-11-6-12(17)4-5-14(11)20-15/h2-8,16,19H,1H3. The lowest BCUT2D eigenvalue weighted by Gasteiger charge is -2.09. The minimum absolute atomic E-state index is 0.474. The van der Waals surface area contributed by atoms with E-state index in [1.54, 1.807) is 30.3 Å². The highest BCUT2D eigenvalue weighted by molar-refractivity contribution is 6.31. The van der Waals surface area contributed by atoms with Crippen LogP contribution in [0, 0.1) is 6.92 Å². The number of benzene rings is 2. The Morgan fingerprint density at radius 3 is 2.60 bits per heavy atom. The van der Waals surface area contributed by atoms with Crippen molar-refractivity contribution in [1.29, 1.82) is 0 Å². The lowest BCUT2D eigenvalue weighted by Crippen LogP contribution is -1.98. The van der Waals surface area contributed by atoms with Crippen LogP contribution in [0.15, 0.2) is 46.9 Å². The maximum atomic E-state index is 10.4. The zero-order valence-electron chi connectivity index (χ0n) is 10.7. The summed E-state index contributed by atoms with van der Waals surface area (Å²) in [6.45, 7) is 1.92. The molecule has 3 rings (SSSR count). The Morgan fingerprint density at radius 1 is 1.05 bits per heavy atom. The molecule has 0 amide bonds. The average Bonchev–Trinajstić information content (AvgIpc) is 2.84. The summed E-state index contributed by atoms with van der Waals surface area (Å²) >= 11 is 12.0. The van der Waals surface area contributed by atoms with E-state index in [4.69, 9.17) is 27.6 Å². The third-order valence-corrected chi connectivity index (χ3v) is 3.92. The quantitative estimate of drug-likeness (QED) is 0.712. The van der Waals surface area contributed by atoms with Gasteiger partial charge in [-0.25, -0.2) is 0 Å². The van der Waals surface area contributed by atoms with Gasteiger partial charge >= 0.3 is 0 Å². The fourth-order valence-corrected chi connectivity index (χ4v) is 2.48. The lowest BCUT2D eigenvalue weighted by atomic mass is 10.1. The Kier molecular flexibility index (Phi) is 3.47. The van der Waals surface area contributed by atoms with Crippen molar-refractivity contribution in [2.24, 2.45) is 0 Å². The Morgan fingerprint density at radius 2 is 1.85 bits per heavy atom. The van der Waals surface area contributed by atoms with Gasteiger partial charge in [-0.05, 0) is 48.4 Å². The molecule has 20 heavy (non-hydrogen) atoms. The second-order valence-corrected chi connectivity index (χ2v) is 5.59. The highest BCUT2D eigenvalue weighted by Gasteiger charge is 2.16. The number of halogens is 2. The van der Waals surface area contributed by atoms with Crippen molar-refractivity contribution in [2.45, 2.75) is 13.0 Å². The van der Waals surface area contributed by atoms with Crippen molar-refractivity contribution < 1.29 is 9.52 Å². The Labute approximate surface area is 126 Å². The summed E-state index contributed by atoms with van der Waals surface area (Å²) in [5.74, 6) is 0.474. The van der Waals surface area contributed by atoms with Crippen molar-refractivity contribution in [3.63, 3.8) is 0 Å². The van der Waals surface area contributed by atoms with Crippen LogP contribution in [0.2, 0.25) is 10.0 Å². The van der Waals surface area contributed by atoms with E-state index >= 15 is 0 Å². The van der Waals surface area contributed by atoms with Crippen molar-refractivity contribution in [2.75, 3.05) is 0 Å². The zero-order valence-corrected chi connectivity index (χ0v) is 12.2. The second-order valence-electron chi connectivity index (χ2n) is 4.74. The molecule has 0 aliphatic rings. The van der Waals surface area contributed by atoms with E-state index in [9.17, 15) is 5.11 Å². The minimum Gasteiger partial charge on any atom is -0.458 e. The molecule has 2 aromatic carbocycles. The number of furan rings is 1. The largest absolute Gasteiger partial charge is 0.458 e. The molecule has 4 heteroatoms. The maximum absolute atomic E-state index is 10.4. The van der Waals surface area contributed by atoms with Gasteiger partial charge < -0.3 is 9.52 Å². The highest BCUT2D eigenvalue weighted by atomic mass is 35.5. The van der Waals surface area contributed by atoms with Crippen LogP contribution in [0.4, 0.5) is 0 Å². The summed E-state index contributed by atoms with van der Waals surface area (Å²) in [6.07, 6.45) is -0.848. The van der Waals surface area contributed by atoms with E-state index in [0.717, 1.165) is 10.9 Å². The van der Waals surface area contributed by atoms with Gasteiger partial charge in [0.25, 0.3) is 0 Å². The number of aliphatic hydroxyl groups excluding tert-OH is 1. The first kappa shape index (κ1) is 13.5. The molecular formula is C16H12Cl2O2. The normalized spacial score (nSPS) is 12.8. The summed E-state index contributed by atoms with van der Waals surface area (Å²) < 4.78 is 5.66. The first-order valence-corrected chi connectivity index (χ1v) is 6.93. The number of hydrogen-bond acceptors (Lipinski definition) is 2. The van der Waals surface area contributed by atoms with Gasteiger partial charge in [-0.3, -0.25) is 0 Å². The van der Waals surface area contributed by atoms with Crippen LogP contribution in [-0.4, -0.2) is 5.11 Å². The van der Waals surface area contributed by atoms with E-state index < -0.39 is 6.10 Å². The topological polar surface area (TPSA) is 33.4 Å². The van der Waals surface area contributed by atoms with Crippen molar-refractivity contribution in [3.05, 3.63) is 69.4 Å². The summed E-state index contributed by atoms with van der Waals surface area (Å²) in [5.41, 5.74) is 2.37. The lowest BCUT2D eigenvalue weighted by molar-refractivity contribution is 0.192. The number of hydrogen-bond donors (Lipinski definition) is 1. The Bertz CT molecular complexity index is 777. The molecule has 3 aromatic rings. The SMILES string of the molecule is Cc1ccc(C(O)c2cc3cc(Cl)ccc3o2)cc1Cl. The van der Waals surface area contributed by atoms with Gasteiger partial charge in [0.05, 0.1) is 0 Å². The molecule has 0 saturated carbocycles. The predicted octanol–water partition coefficient (Wildman–Crippen LogP) is 5.13. The molecule has 0 saturated heterocycles. The van der Waals surface area contributed by atoms with Gasteiger partial charge in [0.1, 0.15) is 17.4 Å². The van der Waals surface area contributed by atoms with Crippen LogP contribution in [0.1, 0.15) is 23.0 Å². The number of aryl methyl sites for hydroxylation is 1. The van der Waals surface area contributed by atoms with Gasteiger partial charge in [-0.1, -0.05) is 35.3 Å². The predicted molar refractivity (Wildman–Crippen MR) is 81.5 cm³/mol. The number of aliphatic hydroxyl groups is 1. The summed E-state index contributed by atoms with van der Waals surface area (Å²) in [4.78, 5) is 0. The third-order valence-electron chi connectivity index (χ3n) is 3.28. The molecule has 0 aliphatic carbocycles. The first-order valence-electron chi connectivity index (χ1n) is 6.18. The molecule has 0 bridgehead atoms. The molecular weight excluding hydrogens is 295 g/mol. The zero-order chi connectivity index (χ0) is 14.3. The van der Waals surface area contributed by atoms with Crippen molar-refractivity contribution in [3.8, 4) is 0 Å². The molecule has 0 aliphatic heterocycles. The smallest absolute Gasteiger partial charge is 0.138 e. The number of fused-ring (bicyclic) bond motifs is 1. The summed E-state index contributed by atoms with van der Waals surface area (Å²) in [6, 6.07) is 12.6. The summed E-state index contributed by atoms with van der Waals surface area (Å²) in [5, 5.41) is 12.5. The fraction of sp³-hybridized carbons (Fsp3) is 0.125. The molecule has 2 nitrogen and oxygen atoms in total. The van der Waals surface area contributed by atoms with Crippen LogP contribution >= 0.6 is 23.2 Å². The molecule has 1 N–H and O–H groups in total. The van der Waals surface area contributed by atoms with Gasteiger partial charge in [0.15, 0.2) is 0 Å². The third kappa shape index (κ3) is 2.42.